The number of benzene rings is 2. The van der Waals surface area contributed by atoms with Crippen molar-refractivity contribution in [2.24, 2.45) is 0 Å². The molecule has 0 aliphatic carbocycles. The van der Waals surface area contributed by atoms with Crippen molar-refractivity contribution in [2.45, 2.75) is 57.8 Å². The number of nitrogens with zero attached hydrogens (tertiary/aromatic N) is 2. The number of nitriles is 2. The fourth-order valence-corrected chi connectivity index (χ4v) is 6.35. The predicted octanol–water partition coefficient (Wildman–Crippen LogP) is 9.40. The van der Waals surface area contributed by atoms with Crippen LogP contribution in [-0.4, -0.2) is 0 Å². The smallest absolute Gasteiger partial charge is 0.0991 e. The van der Waals surface area contributed by atoms with Crippen LogP contribution in [0, 0.1) is 22.7 Å². The van der Waals surface area contributed by atoms with Crippen LogP contribution in [-0.2, 0) is 12.8 Å². The van der Waals surface area contributed by atoms with Crippen molar-refractivity contribution in [3.8, 4) is 33.0 Å². The van der Waals surface area contributed by atoms with Crippen molar-refractivity contribution in [3.63, 3.8) is 0 Å². The standard InChI is InChI=1S/C31H30N2S2/c32-22-24-10-14-26(15-11-24)30-20-18-28(34-30)8-6-4-2-1-3-5-7-9-29-19-21-31(35-29)27-16-12-25(23-33)13-17-27/h10-21H,1-9H2. The lowest BCUT2D eigenvalue weighted by Gasteiger charge is -2.02. The summed E-state index contributed by atoms with van der Waals surface area (Å²) in [6.45, 7) is 0. The third-order valence-electron chi connectivity index (χ3n) is 6.27. The summed E-state index contributed by atoms with van der Waals surface area (Å²) < 4.78 is 0. The van der Waals surface area contributed by atoms with Crippen LogP contribution in [0.25, 0.3) is 20.9 Å². The van der Waals surface area contributed by atoms with Gasteiger partial charge in [0.1, 0.15) is 0 Å². The summed E-state index contributed by atoms with van der Waals surface area (Å²) in [6, 6.07) is 29.0. The molecule has 0 N–H and O–H groups in total. The van der Waals surface area contributed by atoms with Crippen molar-refractivity contribution in [3.05, 3.63) is 93.7 Å². The Labute approximate surface area is 217 Å². The minimum Gasteiger partial charge on any atom is -0.192 e. The predicted molar refractivity (Wildman–Crippen MR) is 149 cm³/mol. The van der Waals surface area contributed by atoms with Gasteiger partial charge in [0.15, 0.2) is 0 Å². The zero-order valence-electron chi connectivity index (χ0n) is 20.0. The Hall–Kier alpha value is -3.18. The van der Waals surface area contributed by atoms with Crippen molar-refractivity contribution in [1.29, 1.82) is 10.5 Å². The minimum absolute atomic E-state index is 0.714. The number of hydrogen-bond donors (Lipinski definition) is 0. The van der Waals surface area contributed by atoms with E-state index in [-0.39, 0.29) is 0 Å². The third-order valence-corrected chi connectivity index (χ3v) is 8.65. The van der Waals surface area contributed by atoms with Gasteiger partial charge in [0, 0.05) is 19.5 Å². The molecule has 0 atom stereocenters. The molecule has 0 unspecified atom stereocenters. The van der Waals surface area contributed by atoms with E-state index in [4.69, 9.17) is 10.5 Å². The summed E-state index contributed by atoms with van der Waals surface area (Å²) in [4.78, 5) is 5.50. The molecule has 0 fully saturated rings. The molecule has 4 aromatic rings. The quantitative estimate of drug-likeness (QED) is 0.184. The lowest BCUT2D eigenvalue weighted by Crippen LogP contribution is -1.85. The molecule has 0 spiro atoms. The molecule has 0 radical (unpaired) electrons. The highest BCUT2D eigenvalue weighted by Crippen LogP contribution is 2.30. The van der Waals surface area contributed by atoms with Gasteiger partial charge in [-0.15, -0.1) is 22.7 Å². The van der Waals surface area contributed by atoms with Gasteiger partial charge in [-0.05, 0) is 85.3 Å². The van der Waals surface area contributed by atoms with Crippen LogP contribution in [0.1, 0.15) is 65.8 Å². The highest BCUT2D eigenvalue weighted by atomic mass is 32.1. The van der Waals surface area contributed by atoms with E-state index < -0.39 is 0 Å². The molecule has 2 aromatic carbocycles. The average Bonchev–Trinajstić information content (AvgIpc) is 3.58. The maximum atomic E-state index is 8.95. The molecule has 0 saturated heterocycles. The molecule has 2 nitrogen and oxygen atoms in total. The fraction of sp³-hybridized carbons (Fsp3) is 0.290. The fourth-order valence-electron chi connectivity index (χ4n) is 4.24. The Morgan fingerprint density at radius 2 is 0.829 bits per heavy atom. The average molecular weight is 495 g/mol. The Balaban J connectivity index is 1.07. The second-order valence-electron chi connectivity index (χ2n) is 8.89. The van der Waals surface area contributed by atoms with Gasteiger partial charge in [-0.1, -0.05) is 56.4 Å². The van der Waals surface area contributed by atoms with E-state index in [1.807, 2.05) is 71.2 Å². The molecule has 0 saturated carbocycles. The zero-order valence-corrected chi connectivity index (χ0v) is 21.6. The monoisotopic (exact) mass is 494 g/mol. The first-order chi connectivity index (χ1) is 17.2. The maximum absolute atomic E-state index is 8.95. The van der Waals surface area contributed by atoms with Crippen molar-refractivity contribution in [1.82, 2.24) is 0 Å². The van der Waals surface area contributed by atoms with Gasteiger partial charge in [-0.2, -0.15) is 10.5 Å². The van der Waals surface area contributed by atoms with Gasteiger partial charge in [0.25, 0.3) is 0 Å². The number of aryl methyl sites for hydroxylation is 2. The van der Waals surface area contributed by atoms with E-state index >= 15 is 0 Å². The topological polar surface area (TPSA) is 47.6 Å². The number of hydrogen-bond acceptors (Lipinski definition) is 4. The number of rotatable bonds is 12. The summed E-state index contributed by atoms with van der Waals surface area (Å²) in [5.74, 6) is 0. The first-order valence-corrected chi connectivity index (χ1v) is 14.1. The third kappa shape index (κ3) is 7.40. The molecule has 4 rings (SSSR count). The summed E-state index contributed by atoms with van der Waals surface area (Å²) in [5.41, 5.74) is 3.83. The normalized spacial score (nSPS) is 10.7. The van der Waals surface area contributed by atoms with E-state index in [1.54, 1.807) is 0 Å². The summed E-state index contributed by atoms with van der Waals surface area (Å²) in [5, 5.41) is 17.9. The molecule has 0 amide bonds. The molecule has 176 valence electrons. The van der Waals surface area contributed by atoms with Crippen molar-refractivity contribution in [2.75, 3.05) is 0 Å². The Morgan fingerprint density at radius 3 is 1.20 bits per heavy atom. The van der Waals surface area contributed by atoms with Gasteiger partial charge in [-0.3, -0.25) is 0 Å². The van der Waals surface area contributed by atoms with Gasteiger partial charge in [0.2, 0.25) is 0 Å². The molecule has 2 aromatic heterocycles. The van der Waals surface area contributed by atoms with Gasteiger partial charge in [-0.25, -0.2) is 0 Å². The zero-order chi connectivity index (χ0) is 24.3. The Bertz CT molecular complexity index is 1180. The molecule has 2 heterocycles. The van der Waals surface area contributed by atoms with E-state index in [0.717, 1.165) is 0 Å². The van der Waals surface area contributed by atoms with Crippen LogP contribution in [0.3, 0.4) is 0 Å². The van der Waals surface area contributed by atoms with Gasteiger partial charge >= 0.3 is 0 Å². The number of thiophene rings is 2. The Morgan fingerprint density at radius 1 is 0.457 bits per heavy atom. The van der Waals surface area contributed by atoms with Crippen molar-refractivity contribution < 1.29 is 0 Å². The SMILES string of the molecule is N#Cc1ccc(-c2ccc(CCCCCCCCCc3ccc(-c4ccc(C#N)cc4)s3)s2)cc1. The minimum atomic E-state index is 0.714. The first kappa shape index (κ1) is 24.9. The largest absolute Gasteiger partial charge is 0.192 e. The summed E-state index contributed by atoms with van der Waals surface area (Å²) in [6.07, 6.45) is 11.5. The van der Waals surface area contributed by atoms with Crippen LogP contribution in [0.2, 0.25) is 0 Å². The van der Waals surface area contributed by atoms with Crippen molar-refractivity contribution >= 4 is 22.7 Å². The number of unbranched alkanes of at least 4 members (excludes halogenated alkanes) is 6. The van der Waals surface area contributed by atoms with Crippen LogP contribution < -0.4 is 0 Å². The van der Waals surface area contributed by atoms with Gasteiger partial charge in [0.05, 0.1) is 23.3 Å². The highest BCUT2D eigenvalue weighted by Gasteiger charge is 2.05. The highest BCUT2D eigenvalue weighted by molar-refractivity contribution is 7.15. The first-order valence-electron chi connectivity index (χ1n) is 12.4. The summed E-state index contributed by atoms with van der Waals surface area (Å²) >= 11 is 3.76. The lowest BCUT2D eigenvalue weighted by molar-refractivity contribution is 0.581. The molecule has 0 aliphatic rings. The van der Waals surface area contributed by atoms with E-state index in [0.29, 0.717) is 11.1 Å². The molecule has 0 aliphatic heterocycles. The Kier molecular flexibility index (Phi) is 9.30. The van der Waals surface area contributed by atoms with Crippen LogP contribution in [0.15, 0.2) is 72.8 Å². The molecular weight excluding hydrogens is 464 g/mol. The van der Waals surface area contributed by atoms with Gasteiger partial charge < -0.3 is 0 Å². The lowest BCUT2D eigenvalue weighted by atomic mass is 10.1. The van der Waals surface area contributed by atoms with E-state index in [2.05, 4.69) is 36.4 Å². The molecule has 35 heavy (non-hydrogen) atoms. The van der Waals surface area contributed by atoms with E-state index in [1.165, 1.54) is 88.4 Å². The van der Waals surface area contributed by atoms with E-state index in [9.17, 15) is 0 Å². The van der Waals surface area contributed by atoms with Crippen LogP contribution in [0.4, 0.5) is 0 Å². The molecule has 0 bridgehead atoms. The second kappa shape index (κ2) is 13.1. The summed E-state index contributed by atoms with van der Waals surface area (Å²) in [7, 11) is 0. The van der Waals surface area contributed by atoms with Crippen LogP contribution >= 0.6 is 22.7 Å². The molecular formula is C31H30N2S2. The second-order valence-corrected chi connectivity index (χ2v) is 11.2. The molecule has 4 heteroatoms. The van der Waals surface area contributed by atoms with Crippen LogP contribution in [0.5, 0.6) is 0 Å². The maximum Gasteiger partial charge on any atom is 0.0991 e.